The number of nitro groups is 1. The summed E-state index contributed by atoms with van der Waals surface area (Å²) in [6.07, 6.45) is 8.33. The molecule has 0 aliphatic rings. The predicted molar refractivity (Wildman–Crippen MR) is 110 cm³/mol. The van der Waals surface area contributed by atoms with Crippen molar-refractivity contribution < 1.29 is 24.0 Å². The number of ether oxygens (including phenoxy) is 2. The van der Waals surface area contributed by atoms with Gasteiger partial charge in [-0.2, -0.15) is 0 Å². The summed E-state index contributed by atoms with van der Waals surface area (Å²) in [5.74, 6) is -0.400. The first-order valence-electron chi connectivity index (χ1n) is 10.5. The van der Waals surface area contributed by atoms with Crippen molar-refractivity contribution >= 4 is 17.6 Å². The predicted octanol–water partition coefficient (Wildman–Crippen LogP) is 5.41. The molecule has 0 saturated heterocycles. The first kappa shape index (κ1) is 24.6. The van der Waals surface area contributed by atoms with Crippen molar-refractivity contribution in [1.82, 2.24) is 0 Å². The van der Waals surface area contributed by atoms with Gasteiger partial charge < -0.3 is 9.47 Å². The SMILES string of the molecule is CCCCOC(=O)CCCCCCCCC(=O)OCc1ccc(C)c([N+](=O)[O-])c1. The highest BCUT2D eigenvalue weighted by atomic mass is 16.6. The zero-order valence-corrected chi connectivity index (χ0v) is 17.6. The molecule has 0 spiro atoms. The molecule has 1 rings (SSSR count). The number of carbonyl (C=O) groups is 2. The van der Waals surface area contributed by atoms with Crippen molar-refractivity contribution in [2.24, 2.45) is 0 Å². The van der Waals surface area contributed by atoms with E-state index in [1.807, 2.05) is 0 Å². The second kappa shape index (κ2) is 14.5. The summed E-state index contributed by atoms with van der Waals surface area (Å²) in [6, 6.07) is 4.84. The Labute approximate surface area is 172 Å². The number of nitrogens with zero attached hydrogens (tertiary/aromatic N) is 1. The lowest BCUT2D eigenvalue weighted by Gasteiger charge is -2.06. The van der Waals surface area contributed by atoms with Crippen LogP contribution in [0, 0.1) is 17.0 Å². The number of rotatable bonds is 15. The van der Waals surface area contributed by atoms with Gasteiger partial charge in [-0.15, -0.1) is 0 Å². The molecule has 1 aromatic carbocycles. The van der Waals surface area contributed by atoms with Crippen molar-refractivity contribution in [3.05, 3.63) is 39.4 Å². The van der Waals surface area contributed by atoms with E-state index in [4.69, 9.17) is 9.47 Å². The number of hydrogen-bond acceptors (Lipinski definition) is 6. The molecule has 0 N–H and O–H groups in total. The Hall–Kier alpha value is -2.44. The van der Waals surface area contributed by atoms with Gasteiger partial charge in [-0.1, -0.05) is 51.2 Å². The van der Waals surface area contributed by atoms with Crippen LogP contribution in [0.2, 0.25) is 0 Å². The Morgan fingerprint density at radius 1 is 0.931 bits per heavy atom. The molecule has 0 bridgehead atoms. The first-order chi connectivity index (χ1) is 13.9. The van der Waals surface area contributed by atoms with Crippen molar-refractivity contribution in [1.29, 1.82) is 0 Å². The standard InChI is InChI=1S/C22H33NO6/c1-3-4-15-28-21(24)11-9-7-5-6-8-10-12-22(25)29-17-19-14-13-18(2)20(16-19)23(26)27/h13-14,16H,3-12,15,17H2,1-2H3. The summed E-state index contributed by atoms with van der Waals surface area (Å²) in [7, 11) is 0. The van der Waals surface area contributed by atoms with Crippen molar-refractivity contribution in [2.75, 3.05) is 6.61 Å². The number of unbranched alkanes of at least 4 members (excludes halogenated alkanes) is 6. The van der Waals surface area contributed by atoms with E-state index in [1.54, 1.807) is 19.1 Å². The van der Waals surface area contributed by atoms with Gasteiger partial charge in [0, 0.05) is 24.5 Å². The number of nitro benzene ring substituents is 1. The van der Waals surface area contributed by atoms with E-state index in [9.17, 15) is 19.7 Å². The molecule has 29 heavy (non-hydrogen) atoms. The maximum absolute atomic E-state index is 11.8. The Balaban J connectivity index is 2.05. The molecule has 0 radical (unpaired) electrons. The smallest absolute Gasteiger partial charge is 0.306 e. The molecule has 0 fully saturated rings. The minimum absolute atomic E-state index is 0.0350. The van der Waals surface area contributed by atoms with Crippen LogP contribution in [-0.2, 0) is 25.7 Å². The van der Waals surface area contributed by atoms with Crippen LogP contribution in [0.25, 0.3) is 0 Å². The number of aryl methyl sites for hydroxylation is 1. The van der Waals surface area contributed by atoms with Gasteiger partial charge in [0.1, 0.15) is 6.61 Å². The van der Waals surface area contributed by atoms with Gasteiger partial charge in [0.15, 0.2) is 0 Å². The maximum atomic E-state index is 11.8. The monoisotopic (exact) mass is 407 g/mol. The van der Waals surface area contributed by atoms with E-state index >= 15 is 0 Å². The van der Waals surface area contributed by atoms with Crippen LogP contribution in [0.3, 0.4) is 0 Å². The molecule has 0 unspecified atom stereocenters. The molecule has 0 aliphatic heterocycles. The third kappa shape index (κ3) is 11.2. The van der Waals surface area contributed by atoms with Gasteiger partial charge in [-0.25, -0.2) is 0 Å². The van der Waals surface area contributed by atoms with Crippen molar-refractivity contribution in [3.63, 3.8) is 0 Å². The zero-order valence-electron chi connectivity index (χ0n) is 17.6. The van der Waals surface area contributed by atoms with Gasteiger partial charge in [-0.05, 0) is 31.7 Å². The molecule has 0 atom stereocenters. The van der Waals surface area contributed by atoms with Crippen molar-refractivity contribution in [2.45, 2.75) is 84.7 Å². The summed E-state index contributed by atoms with van der Waals surface area (Å²) < 4.78 is 10.3. The molecule has 0 heterocycles. The highest BCUT2D eigenvalue weighted by molar-refractivity contribution is 5.69. The number of hydrogen-bond donors (Lipinski definition) is 0. The van der Waals surface area contributed by atoms with E-state index in [2.05, 4.69) is 6.92 Å². The number of esters is 2. The molecular formula is C22H33NO6. The molecule has 0 aromatic heterocycles. The van der Waals surface area contributed by atoms with Crippen LogP contribution in [0.15, 0.2) is 18.2 Å². The zero-order chi connectivity index (χ0) is 21.5. The summed E-state index contributed by atoms with van der Waals surface area (Å²) >= 11 is 0. The Kier molecular flexibility index (Phi) is 12.3. The largest absolute Gasteiger partial charge is 0.466 e. The topological polar surface area (TPSA) is 95.7 Å². The summed E-state index contributed by atoms with van der Waals surface area (Å²) in [5, 5.41) is 10.9. The number of benzene rings is 1. The second-order valence-corrected chi connectivity index (χ2v) is 7.23. The molecule has 1 aromatic rings. The van der Waals surface area contributed by atoms with Crippen LogP contribution in [0.5, 0.6) is 0 Å². The fourth-order valence-corrected chi connectivity index (χ4v) is 2.83. The molecular weight excluding hydrogens is 374 g/mol. The minimum Gasteiger partial charge on any atom is -0.466 e. The normalized spacial score (nSPS) is 10.6. The van der Waals surface area contributed by atoms with Gasteiger partial charge in [0.2, 0.25) is 0 Å². The van der Waals surface area contributed by atoms with E-state index < -0.39 is 4.92 Å². The van der Waals surface area contributed by atoms with Gasteiger partial charge in [0.05, 0.1) is 11.5 Å². The van der Waals surface area contributed by atoms with Gasteiger partial charge >= 0.3 is 11.9 Å². The first-order valence-corrected chi connectivity index (χ1v) is 10.5. The van der Waals surface area contributed by atoms with E-state index in [-0.39, 0.29) is 24.2 Å². The van der Waals surface area contributed by atoms with Crippen LogP contribution < -0.4 is 0 Å². The quantitative estimate of drug-likeness (QED) is 0.167. The molecule has 0 saturated carbocycles. The second-order valence-electron chi connectivity index (χ2n) is 7.23. The minimum atomic E-state index is -0.434. The molecule has 0 aliphatic carbocycles. The average Bonchev–Trinajstić information content (AvgIpc) is 2.69. The number of carbonyl (C=O) groups excluding carboxylic acids is 2. The highest BCUT2D eigenvalue weighted by Gasteiger charge is 2.12. The third-order valence-corrected chi connectivity index (χ3v) is 4.64. The van der Waals surface area contributed by atoms with Crippen LogP contribution >= 0.6 is 0 Å². The lowest BCUT2D eigenvalue weighted by atomic mass is 10.1. The molecule has 0 amide bonds. The highest BCUT2D eigenvalue weighted by Crippen LogP contribution is 2.20. The van der Waals surface area contributed by atoms with E-state index in [0.717, 1.165) is 51.4 Å². The van der Waals surface area contributed by atoms with E-state index in [1.165, 1.54) is 6.07 Å². The van der Waals surface area contributed by atoms with Crippen LogP contribution in [0.4, 0.5) is 5.69 Å². The molecule has 7 heteroatoms. The Morgan fingerprint density at radius 2 is 1.52 bits per heavy atom. The summed E-state index contributed by atoms with van der Waals surface area (Å²) in [6.45, 7) is 4.30. The lowest BCUT2D eigenvalue weighted by molar-refractivity contribution is -0.385. The Bertz CT molecular complexity index is 659. The third-order valence-electron chi connectivity index (χ3n) is 4.64. The molecule has 162 valence electrons. The Morgan fingerprint density at radius 3 is 2.10 bits per heavy atom. The average molecular weight is 408 g/mol. The molecule has 7 nitrogen and oxygen atoms in total. The summed E-state index contributed by atoms with van der Waals surface area (Å²) in [4.78, 5) is 33.8. The fraction of sp³-hybridized carbons (Fsp3) is 0.636. The lowest BCUT2D eigenvalue weighted by Crippen LogP contribution is -2.05. The van der Waals surface area contributed by atoms with Crippen LogP contribution in [-0.4, -0.2) is 23.5 Å². The van der Waals surface area contributed by atoms with Crippen molar-refractivity contribution in [3.8, 4) is 0 Å². The fourth-order valence-electron chi connectivity index (χ4n) is 2.83. The van der Waals surface area contributed by atoms with Gasteiger partial charge in [0.25, 0.3) is 5.69 Å². The van der Waals surface area contributed by atoms with E-state index in [0.29, 0.717) is 30.6 Å². The maximum Gasteiger partial charge on any atom is 0.306 e. The van der Waals surface area contributed by atoms with Crippen LogP contribution in [0.1, 0.15) is 82.3 Å². The van der Waals surface area contributed by atoms with Gasteiger partial charge in [-0.3, -0.25) is 19.7 Å². The summed E-state index contributed by atoms with van der Waals surface area (Å²) in [5.41, 5.74) is 1.23.